The van der Waals surface area contributed by atoms with E-state index in [4.69, 9.17) is 4.79 Å². The van der Waals surface area contributed by atoms with E-state index in [2.05, 4.69) is 48.4 Å². The van der Waals surface area contributed by atoms with E-state index in [1.807, 2.05) is 19.3 Å². The summed E-state index contributed by atoms with van der Waals surface area (Å²) in [5.74, 6) is 0. The SMILES string of the molecule is C=O.CNC(C)c1ccc(-c2scnc2C)cc1. The average molecular weight is 262 g/mol. The molecule has 1 heterocycles. The van der Waals surface area contributed by atoms with Crippen LogP contribution in [-0.2, 0) is 4.79 Å². The van der Waals surface area contributed by atoms with Gasteiger partial charge >= 0.3 is 0 Å². The molecule has 96 valence electrons. The van der Waals surface area contributed by atoms with Crippen LogP contribution < -0.4 is 5.32 Å². The van der Waals surface area contributed by atoms with Crippen molar-refractivity contribution in [3.63, 3.8) is 0 Å². The Kier molecular flexibility index (Phi) is 5.68. The van der Waals surface area contributed by atoms with Crippen LogP contribution in [0.4, 0.5) is 0 Å². The predicted molar refractivity (Wildman–Crippen MR) is 76.9 cm³/mol. The van der Waals surface area contributed by atoms with E-state index in [0.29, 0.717) is 6.04 Å². The molecule has 0 saturated carbocycles. The summed E-state index contributed by atoms with van der Waals surface area (Å²) in [7, 11) is 1.98. The molecule has 4 heteroatoms. The first kappa shape index (κ1) is 14.5. The second-order valence-corrected chi connectivity index (χ2v) is 4.75. The van der Waals surface area contributed by atoms with E-state index in [1.165, 1.54) is 16.0 Å². The summed E-state index contributed by atoms with van der Waals surface area (Å²) in [6.07, 6.45) is 0. The number of carbonyl (C=O) groups is 1. The van der Waals surface area contributed by atoms with Crippen molar-refractivity contribution in [3.05, 3.63) is 41.0 Å². The third-order valence-corrected chi connectivity index (χ3v) is 3.83. The van der Waals surface area contributed by atoms with Gasteiger partial charge < -0.3 is 10.1 Å². The van der Waals surface area contributed by atoms with Crippen LogP contribution in [0.3, 0.4) is 0 Å². The Balaban J connectivity index is 0.000000771. The Morgan fingerprint density at radius 2 is 1.89 bits per heavy atom. The molecule has 1 unspecified atom stereocenters. The third kappa shape index (κ3) is 3.24. The molecule has 1 N–H and O–H groups in total. The highest BCUT2D eigenvalue weighted by molar-refractivity contribution is 7.13. The number of hydrogen-bond acceptors (Lipinski definition) is 4. The fourth-order valence-electron chi connectivity index (χ4n) is 1.67. The first-order chi connectivity index (χ1) is 8.72. The van der Waals surface area contributed by atoms with Crippen molar-refractivity contribution < 1.29 is 4.79 Å². The highest BCUT2D eigenvalue weighted by Gasteiger charge is 2.06. The first-order valence-electron chi connectivity index (χ1n) is 5.69. The van der Waals surface area contributed by atoms with Gasteiger partial charge in [0.25, 0.3) is 0 Å². The zero-order valence-electron chi connectivity index (χ0n) is 10.9. The van der Waals surface area contributed by atoms with Crippen LogP contribution in [0.2, 0.25) is 0 Å². The van der Waals surface area contributed by atoms with E-state index in [0.717, 1.165) is 5.69 Å². The van der Waals surface area contributed by atoms with Gasteiger partial charge in [-0.05, 0) is 32.0 Å². The molecule has 18 heavy (non-hydrogen) atoms. The maximum Gasteiger partial charge on any atom is 0.106 e. The van der Waals surface area contributed by atoms with Crippen LogP contribution in [0.15, 0.2) is 29.8 Å². The molecule has 0 aliphatic rings. The topological polar surface area (TPSA) is 42.0 Å². The number of benzene rings is 1. The number of rotatable bonds is 3. The summed E-state index contributed by atoms with van der Waals surface area (Å²) in [5.41, 5.74) is 5.58. The minimum Gasteiger partial charge on any atom is -0.313 e. The van der Waals surface area contributed by atoms with Crippen molar-refractivity contribution in [2.75, 3.05) is 7.05 Å². The molecule has 0 spiro atoms. The van der Waals surface area contributed by atoms with Crippen molar-refractivity contribution >= 4 is 18.1 Å². The largest absolute Gasteiger partial charge is 0.313 e. The van der Waals surface area contributed by atoms with Gasteiger partial charge in [-0.2, -0.15) is 0 Å². The van der Waals surface area contributed by atoms with E-state index < -0.39 is 0 Å². The fourth-order valence-corrected chi connectivity index (χ4v) is 2.48. The molecular weight excluding hydrogens is 244 g/mol. The van der Waals surface area contributed by atoms with Gasteiger partial charge in [-0.1, -0.05) is 24.3 Å². The number of carbonyl (C=O) groups excluding carboxylic acids is 1. The molecule has 0 bridgehead atoms. The molecule has 2 rings (SSSR count). The minimum atomic E-state index is 0.400. The zero-order chi connectivity index (χ0) is 13.5. The van der Waals surface area contributed by atoms with Crippen molar-refractivity contribution in [1.29, 1.82) is 0 Å². The smallest absolute Gasteiger partial charge is 0.106 e. The molecule has 2 aromatic rings. The summed E-state index contributed by atoms with van der Waals surface area (Å²) < 4.78 is 0. The van der Waals surface area contributed by atoms with E-state index in [-0.39, 0.29) is 0 Å². The Bertz CT molecular complexity index is 479. The standard InChI is InChI=1S/C13H16N2S.CH2O/c1-9(14-3)11-4-6-12(7-5-11)13-10(2)15-8-16-13;1-2/h4-9,14H,1-3H3;1H2. The van der Waals surface area contributed by atoms with Gasteiger partial charge in [0.05, 0.1) is 16.1 Å². The van der Waals surface area contributed by atoms with Crippen molar-refractivity contribution in [2.24, 2.45) is 0 Å². The van der Waals surface area contributed by atoms with E-state index in [1.54, 1.807) is 11.3 Å². The maximum atomic E-state index is 8.00. The average Bonchev–Trinajstić information content (AvgIpc) is 2.86. The van der Waals surface area contributed by atoms with Gasteiger partial charge in [0.1, 0.15) is 6.79 Å². The predicted octanol–water partition coefficient (Wildman–Crippen LogP) is 3.21. The summed E-state index contributed by atoms with van der Waals surface area (Å²) in [5, 5.41) is 3.24. The van der Waals surface area contributed by atoms with Gasteiger partial charge in [-0.3, -0.25) is 0 Å². The van der Waals surface area contributed by atoms with Gasteiger partial charge in [0.2, 0.25) is 0 Å². The molecule has 0 aliphatic carbocycles. The molecule has 0 radical (unpaired) electrons. The van der Waals surface area contributed by atoms with Crippen LogP contribution in [0.25, 0.3) is 10.4 Å². The number of thiazole rings is 1. The van der Waals surface area contributed by atoms with Crippen molar-refractivity contribution in [2.45, 2.75) is 19.9 Å². The number of nitrogens with one attached hydrogen (secondary N) is 1. The summed E-state index contributed by atoms with van der Waals surface area (Å²) in [6, 6.07) is 9.09. The molecular formula is C14H18N2OS. The Hall–Kier alpha value is -1.52. The molecule has 1 atom stereocenters. The Morgan fingerprint density at radius 1 is 1.28 bits per heavy atom. The van der Waals surface area contributed by atoms with Crippen LogP contribution in [-0.4, -0.2) is 18.8 Å². The highest BCUT2D eigenvalue weighted by atomic mass is 32.1. The lowest BCUT2D eigenvalue weighted by Gasteiger charge is -2.10. The third-order valence-electron chi connectivity index (χ3n) is 2.85. The van der Waals surface area contributed by atoms with Crippen molar-refractivity contribution in [3.8, 4) is 10.4 Å². The molecule has 1 aromatic heterocycles. The van der Waals surface area contributed by atoms with Gasteiger partial charge in [0, 0.05) is 6.04 Å². The van der Waals surface area contributed by atoms with E-state index in [9.17, 15) is 0 Å². The molecule has 3 nitrogen and oxygen atoms in total. The number of hydrogen-bond donors (Lipinski definition) is 1. The van der Waals surface area contributed by atoms with E-state index >= 15 is 0 Å². The Labute approximate surface area is 112 Å². The summed E-state index contributed by atoms with van der Waals surface area (Å²) in [4.78, 5) is 13.5. The lowest BCUT2D eigenvalue weighted by molar-refractivity contribution is -0.0979. The summed E-state index contributed by atoms with van der Waals surface area (Å²) >= 11 is 1.70. The molecule has 0 amide bonds. The second-order valence-electron chi connectivity index (χ2n) is 3.90. The quantitative estimate of drug-likeness (QED) is 0.923. The molecule has 0 aliphatic heterocycles. The van der Waals surface area contributed by atoms with Crippen LogP contribution in [0.5, 0.6) is 0 Å². The molecule has 1 aromatic carbocycles. The first-order valence-corrected chi connectivity index (χ1v) is 6.57. The second kappa shape index (κ2) is 7.03. The lowest BCUT2D eigenvalue weighted by Crippen LogP contribution is -2.11. The number of nitrogens with zero attached hydrogens (tertiary/aromatic N) is 1. The summed E-state index contributed by atoms with van der Waals surface area (Å²) in [6.45, 7) is 6.21. The molecule has 0 saturated heterocycles. The monoisotopic (exact) mass is 262 g/mol. The van der Waals surface area contributed by atoms with Crippen LogP contribution >= 0.6 is 11.3 Å². The van der Waals surface area contributed by atoms with Crippen molar-refractivity contribution in [1.82, 2.24) is 10.3 Å². The zero-order valence-corrected chi connectivity index (χ0v) is 11.8. The highest BCUT2D eigenvalue weighted by Crippen LogP contribution is 2.27. The fraction of sp³-hybridized carbons (Fsp3) is 0.286. The maximum absolute atomic E-state index is 8.00. The Morgan fingerprint density at radius 3 is 2.33 bits per heavy atom. The van der Waals surface area contributed by atoms with Gasteiger partial charge in [-0.25, -0.2) is 4.98 Å². The molecule has 0 fully saturated rings. The number of aromatic nitrogens is 1. The lowest BCUT2D eigenvalue weighted by atomic mass is 10.1. The normalized spacial score (nSPS) is 11.5. The van der Waals surface area contributed by atoms with Crippen LogP contribution in [0.1, 0.15) is 24.2 Å². The number of aryl methyl sites for hydroxylation is 1. The van der Waals surface area contributed by atoms with Crippen LogP contribution in [0, 0.1) is 6.92 Å². The van der Waals surface area contributed by atoms with Gasteiger partial charge in [-0.15, -0.1) is 11.3 Å². The van der Waals surface area contributed by atoms with Gasteiger partial charge in [0.15, 0.2) is 0 Å². The minimum absolute atomic E-state index is 0.400.